The molecule has 0 saturated carbocycles. The average molecular weight is 301 g/mol. The maximum absolute atomic E-state index is 5.37. The molecule has 1 N–H and O–H groups in total. The molecule has 2 aromatic rings. The van der Waals surface area contributed by atoms with Crippen molar-refractivity contribution in [3.8, 4) is 11.3 Å². The Bertz CT molecular complexity index is 564. The first kappa shape index (κ1) is 15.1. The van der Waals surface area contributed by atoms with Crippen LogP contribution in [0.3, 0.4) is 0 Å². The van der Waals surface area contributed by atoms with Gasteiger partial charge in [-0.05, 0) is 5.92 Å². The van der Waals surface area contributed by atoms with Crippen LogP contribution in [0.1, 0.15) is 6.92 Å². The summed E-state index contributed by atoms with van der Waals surface area (Å²) in [5, 5.41) is 7.45. The van der Waals surface area contributed by atoms with Gasteiger partial charge in [-0.15, -0.1) is 0 Å². The second-order valence-corrected chi connectivity index (χ2v) is 5.84. The molecule has 0 bridgehead atoms. The van der Waals surface area contributed by atoms with Gasteiger partial charge in [0.05, 0.1) is 13.2 Å². The third kappa shape index (κ3) is 4.08. The molecule has 0 amide bonds. The van der Waals surface area contributed by atoms with E-state index in [0.717, 1.165) is 56.5 Å². The molecule has 0 aliphatic carbocycles. The molecule has 1 aromatic carbocycles. The molecule has 3 rings (SSSR count). The Morgan fingerprint density at radius 1 is 1.23 bits per heavy atom. The third-order valence-corrected chi connectivity index (χ3v) is 3.88. The fraction of sp³-hybridized carbons (Fsp3) is 0.471. The number of nitrogens with zero attached hydrogens (tertiary/aromatic N) is 2. The van der Waals surface area contributed by atoms with Gasteiger partial charge in [-0.3, -0.25) is 4.90 Å². The van der Waals surface area contributed by atoms with E-state index in [1.807, 2.05) is 36.4 Å². The quantitative estimate of drug-likeness (QED) is 0.889. The number of hydrogen-bond donors (Lipinski definition) is 1. The second kappa shape index (κ2) is 7.42. The van der Waals surface area contributed by atoms with Crippen LogP contribution >= 0.6 is 0 Å². The Morgan fingerprint density at radius 3 is 2.77 bits per heavy atom. The number of nitrogens with one attached hydrogen (secondary N) is 1. The monoisotopic (exact) mass is 301 g/mol. The van der Waals surface area contributed by atoms with Crippen molar-refractivity contribution in [3.05, 3.63) is 36.4 Å². The highest BCUT2D eigenvalue weighted by atomic mass is 16.5. The van der Waals surface area contributed by atoms with Crippen molar-refractivity contribution >= 4 is 5.88 Å². The second-order valence-electron chi connectivity index (χ2n) is 5.84. The normalized spacial score (nSPS) is 17.3. The first-order chi connectivity index (χ1) is 10.8. The summed E-state index contributed by atoms with van der Waals surface area (Å²) < 4.78 is 10.7. The van der Waals surface area contributed by atoms with Gasteiger partial charge in [0.25, 0.3) is 0 Å². The van der Waals surface area contributed by atoms with Crippen molar-refractivity contribution in [3.63, 3.8) is 0 Å². The molecule has 118 valence electrons. The van der Waals surface area contributed by atoms with E-state index in [2.05, 4.69) is 22.3 Å². The molecule has 1 unspecified atom stereocenters. The summed E-state index contributed by atoms with van der Waals surface area (Å²) in [6, 6.07) is 12.0. The largest absolute Gasteiger partial charge is 0.379 e. The zero-order valence-corrected chi connectivity index (χ0v) is 13.0. The van der Waals surface area contributed by atoms with Gasteiger partial charge in [0.2, 0.25) is 5.88 Å². The maximum Gasteiger partial charge on any atom is 0.225 e. The Kier molecular flexibility index (Phi) is 5.08. The van der Waals surface area contributed by atoms with Gasteiger partial charge in [-0.1, -0.05) is 42.4 Å². The lowest BCUT2D eigenvalue weighted by molar-refractivity contribution is 0.0325. The fourth-order valence-corrected chi connectivity index (χ4v) is 2.67. The highest BCUT2D eigenvalue weighted by Gasteiger charge is 2.14. The Hall–Kier alpha value is -1.85. The molecule has 1 saturated heterocycles. The highest BCUT2D eigenvalue weighted by Crippen LogP contribution is 2.21. The SMILES string of the molecule is CC(CNc1cc(-c2ccccc2)no1)CN1CCOCC1. The van der Waals surface area contributed by atoms with Gasteiger partial charge in [-0.2, -0.15) is 0 Å². The summed E-state index contributed by atoms with van der Waals surface area (Å²) >= 11 is 0. The first-order valence-corrected chi connectivity index (χ1v) is 7.87. The summed E-state index contributed by atoms with van der Waals surface area (Å²) in [4.78, 5) is 2.45. The average Bonchev–Trinajstić information content (AvgIpc) is 3.04. The van der Waals surface area contributed by atoms with E-state index in [4.69, 9.17) is 9.26 Å². The molecule has 1 fully saturated rings. The van der Waals surface area contributed by atoms with Crippen molar-refractivity contribution in [1.82, 2.24) is 10.1 Å². The maximum atomic E-state index is 5.37. The number of hydrogen-bond acceptors (Lipinski definition) is 5. The van der Waals surface area contributed by atoms with Gasteiger partial charge < -0.3 is 14.6 Å². The molecule has 1 aromatic heterocycles. The minimum absolute atomic E-state index is 0.545. The van der Waals surface area contributed by atoms with Gasteiger partial charge >= 0.3 is 0 Å². The highest BCUT2D eigenvalue weighted by molar-refractivity contribution is 5.61. The summed E-state index contributed by atoms with van der Waals surface area (Å²) in [6.45, 7) is 7.97. The van der Waals surface area contributed by atoms with Gasteiger partial charge in [0.15, 0.2) is 0 Å². The Morgan fingerprint density at radius 2 is 2.00 bits per heavy atom. The van der Waals surface area contributed by atoms with Crippen LogP contribution in [0.2, 0.25) is 0 Å². The molecule has 0 spiro atoms. The summed E-state index contributed by atoms with van der Waals surface area (Å²) in [5.41, 5.74) is 1.93. The van der Waals surface area contributed by atoms with E-state index < -0.39 is 0 Å². The zero-order chi connectivity index (χ0) is 15.2. The predicted octanol–water partition coefficient (Wildman–Crippen LogP) is 2.72. The number of rotatable bonds is 6. The molecule has 1 aliphatic heterocycles. The van der Waals surface area contributed by atoms with Crippen LogP contribution in [0.5, 0.6) is 0 Å². The Labute approximate surface area is 131 Å². The Balaban J connectivity index is 1.48. The van der Waals surface area contributed by atoms with Crippen LogP contribution in [-0.2, 0) is 4.74 Å². The molecule has 5 heteroatoms. The topological polar surface area (TPSA) is 50.5 Å². The molecule has 2 heterocycles. The fourth-order valence-electron chi connectivity index (χ4n) is 2.67. The van der Waals surface area contributed by atoms with Crippen LogP contribution in [0.4, 0.5) is 5.88 Å². The van der Waals surface area contributed by atoms with Crippen LogP contribution in [0.25, 0.3) is 11.3 Å². The van der Waals surface area contributed by atoms with E-state index in [1.54, 1.807) is 0 Å². The first-order valence-electron chi connectivity index (χ1n) is 7.87. The van der Waals surface area contributed by atoms with Crippen molar-refractivity contribution in [2.45, 2.75) is 6.92 Å². The third-order valence-electron chi connectivity index (χ3n) is 3.88. The standard InChI is InChI=1S/C17H23N3O2/c1-14(13-20-7-9-21-10-8-20)12-18-17-11-16(19-22-17)15-5-3-2-4-6-15/h2-6,11,14,18H,7-10,12-13H2,1H3. The van der Waals surface area contributed by atoms with Crippen LogP contribution in [0.15, 0.2) is 40.9 Å². The van der Waals surface area contributed by atoms with Crippen molar-refractivity contribution in [1.29, 1.82) is 0 Å². The van der Waals surface area contributed by atoms with Crippen LogP contribution in [0, 0.1) is 5.92 Å². The molecule has 5 nitrogen and oxygen atoms in total. The molecule has 1 aliphatic rings. The minimum atomic E-state index is 0.545. The van der Waals surface area contributed by atoms with E-state index >= 15 is 0 Å². The van der Waals surface area contributed by atoms with Crippen molar-refractivity contribution < 1.29 is 9.26 Å². The number of anilines is 1. The number of morpholine rings is 1. The zero-order valence-electron chi connectivity index (χ0n) is 13.0. The molecule has 22 heavy (non-hydrogen) atoms. The molecular weight excluding hydrogens is 278 g/mol. The lowest BCUT2D eigenvalue weighted by atomic mass is 10.1. The molecule has 1 atom stereocenters. The molecular formula is C17H23N3O2. The van der Waals surface area contributed by atoms with Crippen molar-refractivity contribution in [2.24, 2.45) is 5.92 Å². The van der Waals surface area contributed by atoms with E-state index in [1.165, 1.54) is 0 Å². The van der Waals surface area contributed by atoms with Gasteiger partial charge in [-0.25, -0.2) is 0 Å². The van der Waals surface area contributed by atoms with Crippen LogP contribution in [-0.4, -0.2) is 49.4 Å². The molecule has 0 radical (unpaired) electrons. The van der Waals surface area contributed by atoms with Crippen molar-refractivity contribution in [2.75, 3.05) is 44.7 Å². The smallest absolute Gasteiger partial charge is 0.225 e. The number of benzene rings is 1. The van der Waals surface area contributed by atoms with E-state index in [9.17, 15) is 0 Å². The van der Waals surface area contributed by atoms with Crippen LogP contribution < -0.4 is 5.32 Å². The predicted molar refractivity (Wildman–Crippen MR) is 86.9 cm³/mol. The number of aromatic nitrogens is 1. The lowest BCUT2D eigenvalue weighted by Gasteiger charge is -2.29. The van der Waals surface area contributed by atoms with E-state index in [0.29, 0.717) is 5.92 Å². The summed E-state index contributed by atoms with van der Waals surface area (Å²) in [5.74, 6) is 1.27. The van der Waals surface area contributed by atoms with Gasteiger partial charge in [0, 0.05) is 37.8 Å². The minimum Gasteiger partial charge on any atom is -0.379 e. The van der Waals surface area contributed by atoms with E-state index in [-0.39, 0.29) is 0 Å². The van der Waals surface area contributed by atoms with Gasteiger partial charge in [0.1, 0.15) is 5.69 Å². The summed E-state index contributed by atoms with van der Waals surface area (Å²) in [7, 11) is 0. The lowest BCUT2D eigenvalue weighted by Crippen LogP contribution is -2.40. The number of ether oxygens (including phenoxy) is 1. The summed E-state index contributed by atoms with van der Waals surface area (Å²) in [6.07, 6.45) is 0.